The van der Waals surface area contributed by atoms with Crippen molar-refractivity contribution >= 4 is 45.8 Å². The van der Waals surface area contributed by atoms with Gasteiger partial charge in [-0.05, 0) is 67.4 Å². The predicted octanol–water partition coefficient (Wildman–Crippen LogP) is 6.21. The number of nitrogens with one attached hydrogen (secondary N) is 2. The van der Waals surface area contributed by atoms with E-state index in [0.717, 1.165) is 11.1 Å². The number of aryl methyl sites for hydroxylation is 2. The highest BCUT2D eigenvalue weighted by Gasteiger charge is 2.23. The monoisotopic (exact) mass is 418 g/mol. The Balaban J connectivity index is 1.70. The maximum atomic E-state index is 12.9. The van der Waals surface area contributed by atoms with Crippen LogP contribution in [0.3, 0.4) is 0 Å². The molecule has 0 bridgehead atoms. The highest BCUT2D eigenvalue weighted by Crippen LogP contribution is 2.32. The molecule has 30 heavy (non-hydrogen) atoms. The molecule has 2 amide bonds. The van der Waals surface area contributed by atoms with E-state index >= 15 is 0 Å². The third kappa shape index (κ3) is 3.93. The van der Waals surface area contributed by atoms with Crippen molar-refractivity contribution in [3.63, 3.8) is 0 Å². The van der Waals surface area contributed by atoms with E-state index in [1.807, 2.05) is 32.0 Å². The third-order valence-corrected chi connectivity index (χ3v) is 5.13. The second-order valence-electron chi connectivity index (χ2n) is 7.02. The van der Waals surface area contributed by atoms with Crippen LogP contribution in [0.5, 0.6) is 0 Å². The molecule has 150 valence electrons. The second kappa shape index (κ2) is 8.05. The van der Waals surface area contributed by atoms with Gasteiger partial charge in [0.05, 0.1) is 0 Å². The average molecular weight is 419 g/mol. The van der Waals surface area contributed by atoms with Gasteiger partial charge in [0.15, 0.2) is 0 Å². The topological polar surface area (TPSA) is 71.3 Å². The third-order valence-electron chi connectivity index (χ3n) is 4.89. The van der Waals surface area contributed by atoms with Gasteiger partial charge < -0.3 is 15.1 Å². The van der Waals surface area contributed by atoms with Crippen molar-refractivity contribution in [3.05, 3.63) is 94.2 Å². The molecule has 4 aromatic rings. The molecular formula is C24H19ClN2O3. The Morgan fingerprint density at radius 2 is 1.63 bits per heavy atom. The second-order valence-corrected chi connectivity index (χ2v) is 7.46. The molecule has 4 rings (SSSR count). The zero-order chi connectivity index (χ0) is 21.3. The van der Waals surface area contributed by atoms with Gasteiger partial charge in [-0.15, -0.1) is 0 Å². The van der Waals surface area contributed by atoms with E-state index in [-0.39, 0.29) is 11.7 Å². The summed E-state index contributed by atoms with van der Waals surface area (Å²) in [5, 5.41) is 6.76. The molecule has 1 aromatic heterocycles. The number of benzene rings is 3. The highest BCUT2D eigenvalue weighted by molar-refractivity contribution is 6.31. The predicted molar refractivity (Wildman–Crippen MR) is 119 cm³/mol. The molecule has 0 radical (unpaired) electrons. The van der Waals surface area contributed by atoms with Gasteiger partial charge in [-0.1, -0.05) is 35.9 Å². The number of carbonyl (C=O) groups excluding carboxylic acids is 2. The number of hydrogen-bond acceptors (Lipinski definition) is 3. The van der Waals surface area contributed by atoms with E-state index in [9.17, 15) is 9.59 Å². The van der Waals surface area contributed by atoms with E-state index in [0.29, 0.717) is 32.9 Å². The highest BCUT2D eigenvalue weighted by atomic mass is 35.5. The standard InChI is InChI=1S/C24H19ClN2O3/c1-14-10-11-16(12-15(14)2)23(28)27-21-19-8-3-4-9-20(19)30-22(21)24(29)26-18-7-5-6-17(25)13-18/h3-13H,1-2H3,(H,26,29)(H,27,28). The fraction of sp³-hybridized carbons (Fsp3) is 0.0833. The molecule has 0 spiro atoms. The lowest BCUT2D eigenvalue weighted by Crippen LogP contribution is -2.17. The molecule has 0 saturated carbocycles. The van der Waals surface area contributed by atoms with Crippen LogP contribution in [0, 0.1) is 13.8 Å². The van der Waals surface area contributed by atoms with Crippen LogP contribution >= 0.6 is 11.6 Å². The largest absolute Gasteiger partial charge is 0.449 e. The van der Waals surface area contributed by atoms with Gasteiger partial charge in [-0.2, -0.15) is 0 Å². The van der Waals surface area contributed by atoms with Crippen LogP contribution in [0.1, 0.15) is 32.0 Å². The molecule has 0 aliphatic heterocycles. The van der Waals surface area contributed by atoms with Crippen LogP contribution in [-0.4, -0.2) is 11.8 Å². The fourth-order valence-corrected chi connectivity index (χ4v) is 3.34. The Kier molecular flexibility index (Phi) is 5.29. The molecule has 0 aliphatic rings. The first-order valence-corrected chi connectivity index (χ1v) is 9.77. The molecular weight excluding hydrogens is 400 g/mol. The van der Waals surface area contributed by atoms with Crippen molar-refractivity contribution in [2.75, 3.05) is 10.6 Å². The number of hydrogen-bond donors (Lipinski definition) is 2. The summed E-state index contributed by atoms with van der Waals surface area (Å²) in [5.74, 6) is -0.779. The van der Waals surface area contributed by atoms with Crippen molar-refractivity contribution in [1.82, 2.24) is 0 Å². The summed E-state index contributed by atoms with van der Waals surface area (Å²) in [6.45, 7) is 3.93. The first-order valence-electron chi connectivity index (χ1n) is 9.39. The summed E-state index contributed by atoms with van der Waals surface area (Å²) in [5.41, 5.74) is 3.97. The molecule has 0 saturated heterocycles. The van der Waals surface area contributed by atoms with Crippen LogP contribution in [0.2, 0.25) is 5.02 Å². The summed E-state index contributed by atoms with van der Waals surface area (Å²) < 4.78 is 5.78. The number of anilines is 2. The zero-order valence-corrected chi connectivity index (χ0v) is 17.2. The Morgan fingerprint density at radius 3 is 2.40 bits per heavy atom. The molecule has 3 aromatic carbocycles. The van der Waals surface area contributed by atoms with Gasteiger partial charge in [0, 0.05) is 21.7 Å². The van der Waals surface area contributed by atoms with Crippen LogP contribution in [0.15, 0.2) is 71.1 Å². The first kappa shape index (κ1) is 19.7. The fourth-order valence-electron chi connectivity index (χ4n) is 3.15. The smallest absolute Gasteiger partial charge is 0.293 e. The van der Waals surface area contributed by atoms with Gasteiger partial charge in [0.25, 0.3) is 11.8 Å². The van der Waals surface area contributed by atoms with E-state index in [2.05, 4.69) is 10.6 Å². The van der Waals surface area contributed by atoms with Gasteiger partial charge >= 0.3 is 0 Å². The van der Waals surface area contributed by atoms with Crippen LogP contribution in [-0.2, 0) is 0 Å². The van der Waals surface area contributed by atoms with Gasteiger partial charge in [0.2, 0.25) is 5.76 Å². The quantitative estimate of drug-likeness (QED) is 0.414. The molecule has 0 aliphatic carbocycles. The summed E-state index contributed by atoms with van der Waals surface area (Å²) in [6, 6.07) is 19.4. The zero-order valence-electron chi connectivity index (χ0n) is 16.5. The number of fused-ring (bicyclic) bond motifs is 1. The minimum absolute atomic E-state index is 0.0216. The SMILES string of the molecule is Cc1ccc(C(=O)Nc2c(C(=O)Nc3cccc(Cl)c3)oc3ccccc23)cc1C. The Hall–Kier alpha value is -3.57. The lowest BCUT2D eigenvalue weighted by molar-refractivity contribution is 0.0999. The van der Waals surface area contributed by atoms with Crippen molar-refractivity contribution in [2.24, 2.45) is 0 Å². The Bertz CT molecular complexity index is 1280. The molecule has 2 N–H and O–H groups in total. The van der Waals surface area contributed by atoms with E-state index in [4.69, 9.17) is 16.0 Å². The number of carbonyl (C=O) groups is 2. The number of para-hydroxylation sites is 1. The normalized spacial score (nSPS) is 10.8. The molecule has 0 unspecified atom stereocenters. The van der Waals surface area contributed by atoms with Crippen LogP contribution < -0.4 is 10.6 Å². The van der Waals surface area contributed by atoms with E-state index in [1.165, 1.54) is 0 Å². The lowest BCUT2D eigenvalue weighted by Gasteiger charge is -2.09. The first-order chi connectivity index (χ1) is 14.4. The number of halogens is 1. The maximum absolute atomic E-state index is 12.9. The van der Waals surface area contributed by atoms with E-state index in [1.54, 1.807) is 48.5 Å². The average Bonchev–Trinajstić information content (AvgIpc) is 3.09. The molecule has 0 atom stereocenters. The molecule has 5 nitrogen and oxygen atoms in total. The Labute approximate surface area is 178 Å². The molecule has 0 fully saturated rings. The number of furan rings is 1. The van der Waals surface area contributed by atoms with Gasteiger partial charge in [-0.3, -0.25) is 9.59 Å². The maximum Gasteiger partial charge on any atom is 0.293 e. The van der Waals surface area contributed by atoms with Gasteiger partial charge in [0.1, 0.15) is 11.3 Å². The summed E-state index contributed by atoms with van der Waals surface area (Å²) in [6.07, 6.45) is 0. The minimum atomic E-state index is -0.483. The number of rotatable bonds is 4. The molecule has 6 heteroatoms. The van der Waals surface area contributed by atoms with Crippen LogP contribution in [0.25, 0.3) is 11.0 Å². The summed E-state index contributed by atoms with van der Waals surface area (Å²) in [7, 11) is 0. The lowest BCUT2D eigenvalue weighted by atomic mass is 10.1. The minimum Gasteiger partial charge on any atom is -0.449 e. The molecule has 1 heterocycles. The van der Waals surface area contributed by atoms with Crippen molar-refractivity contribution < 1.29 is 14.0 Å². The number of amides is 2. The van der Waals surface area contributed by atoms with Crippen molar-refractivity contribution in [3.8, 4) is 0 Å². The Morgan fingerprint density at radius 1 is 0.833 bits per heavy atom. The van der Waals surface area contributed by atoms with Crippen LogP contribution in [0.4, 0.5) is 11.4 Å². The van der Waals surface area contributed by atoms with E-state index < -0.39 is 5.91 Å². The van der Waals surface area contributed by atoms with Gasteiger partial charge in [-0.25, -0.2) is 0 Å². The van der Waals surface area contributed by atoms with Crippen molar-refractivity contribution in [1.29, 1.82) is 0 Å². The summed E-state index contributed by atoms with van der Waals surface area (Å²) >= 11 is 6.00. The van der Waals surface area contributed by atoms with Crippen molar-refractivity contribution in [2.45, 2.75) is 13.8 Å². The summed E-state index contributed by atoms with van der Waals surface area (Å²) in [4.78, 5) is 25.8.